The van der Waals surface area contributed by atoms with Crippen molar-refractivity contribution >= 4 is 5.69 Å². The van der Waals surface area contributed by atoms with Crippen LogP contribution in [0.2, 0.25) is 0 Å². The number of hydrogen-bond acceptors (Lipinski definition) is 4. The normalized spacial score (nSPS) is 20.9. The summed E-state index contributed by atoms with van der Waals surface area (Å²) in [5.74, 6) is 0. The molecule has 0 amide bonds. The van der Waals surface area contributed by atoms with Gasteiger partial charge in [0, 0.05) is 24.8 Å². The van der Waals surface area contributed by atoms with Crippen LogP contribution in [0.5, 0.6) is 0 Å². The van der Waals surface area contributed by atoms with Crippen LogP contribution < -0.4 is 10.6 Å². The summed E-state index contributed by atoms with van der Waals surface area (Å²) >= 11 is 0. The van der Waals surface area contributed by atoms with Crippen molar-refractivity contribution in [3.05, 3.63) is 29.8 Å². The molecule has 0 aliphatic carbocycles. The van der Waals surface area contributed by atoms with Crippen LogP contribution in [-0.2, 0) is 0 Å². The molecule has 1 aromatic rings. The zero-order chi connectivity index (χ0) is 13.7. The molecule has 0 bridgehead atoms. The van der Waals surface area contributed by atoms with E-state index in [-0.39, 0.29) is 0 Å². The molecule has 1 atom stereocenters. The van der Waals surface area contributed by atoms with Crippen LogP contribution in [0.15, 0.2) is 24.3 Å². The monoisotopic (exact) mass is 258 g/mol. The van der Waals surface area contributed by atoms with Crippen LogP contribution in [0.25, 0.3) is 0 Å². The van der Waals surface area contributed by atoms with E-state index in [1.165, 1.54) is 0 Å². The van der Waals surface area contributed by atoms with Crippen LogP contribution in [0.4, 0.5) is 5.69 Å². The molecule has 0 spiro atoms. The van der Waals surface area contributed by atoms with Gasteiger partial charge >= 0.3 is 0 Å². The number of nitriles is 1. The molecule has 102 valence electrons. The summed E-state index contributed by atoms with van der Waals surface area (Å²) in [6.45, 7) is 3.89. The summed E-state index contributed by atoms with van der Waals surface area (Å²) in [5, 5.41) is 9.03. The maximum Gasteiger partial charge on any atom is 0.0992 e. The van der Waals surface area contributed by atoms with Crippen molar-refractivity contribution in [3.8, 4) is 6.07 Å². The second-order valence-corrected chi connectivity index (χ2v) is 5.20. The second kappa shape index (κ2) is 6.55. The van der Waals surface area contributed by atoms with Gasteiger partial charge in [0.1, 0.15) is 0 Å². The minimum atomic E-state index is 0.437. The number of likely N-dealkylation sites (N-methyl/N-ethyl adjacent to an activating group) is 1. The molecule has 2 N–H and O–H groups in total. The molecule has 0 aromatic heterocycles. The topological polar surface area (TPSA) is 56.3 Å². The molecule has 2 rings (SSSR count). The summed E-state index contributed by atoms with van der Waals surface area (Å²) in [7, 11) is 2.17. The van der Waals surface area contributed by atoms with Crippen LogP contribution in [-0.4, -0.2) is 44.2 Å². The Labute approximate surface area is 115 Å². The number of hydrogen-bond donors (Lipinski definition) is 1. The lowest BCUT2D eigenvalue weighted by molar-refractivity contribution is 0.326. The average Bonchev–Trinajstić information content (AvgIpc) is 2.61. The first-order valence-corrected chi connectivity index (χ1v) is 6.90. The highest BCUT2D eigenvalue weighted by Gasteiger charge is 2.23. The predicted octanol–water partition coefficient (Wildman–Crippen LogP) is 1.42. The third-order valence-corrected chi connectivity index (χ3v) is 3.71. The summed E-state index contributed by atoms with van der Waals surface area (Å²) in [4.78, 5) is 4.78. The van der Waals surface area contributed by atoms with Crippen molar-refractivity contribution in [1.82, 2.24) is 4.90 Å². The Kier molecular flexibility index (Phi) is 4.78. The Morgan fingerprint density at radius 3 is 3.00 bits per heavy atom. The first-order chi connectivity index (χ1) is 9.24. The Bertz CT molecular complexity index is 452. The highest BCUT2D eigenvalue weighted by molar-refractivity contribution is 5.52. The van der Waals surface area contributed by atoms with Crippen molar-refractivity contribution < 1.29 is 0 Å². The number of benzene rings is 1. The molecule has 1 aliphatic heterocycles. The van der Waals surface area contributed by atoms with E-state index >= 15 is 0 Å². The zero-order valence-electron chi connectivity index (χ0n) is 11.5. The maximum atomic E-state index is 9.03. The van der Waals surface area contributed by atoms with Gasteiger partial charge in [0.2, 0.25) is 0 Å². The first-order valence-electron chi connectivity index (χ1n) is 6.90. The van der Waals surface area contributed by atoms with Gasteiger partial charge in [-0.15, -0.1) is 0 Å². The molecular weight excluding hydrogens is 236 g/mol. The number of nitrogens with zero attached hydrogens (tertiary/aromatic N) is 3. The van der Waals surface area contributed by atoms with Crippen LogP contribution in [0.1, 0.15) is 18.4 Å². The van der Waals surface area contributed by atoms with Crippen molar-refractivity contribution in [3.63, 3.8) is 0 Å². The lowest BCUT2D eigenvalue weighted by atomic mass is 10.1. The van der Waals surface area contributed by atoms with Gasteiger partial charge in [0.05, 0.1) is 11.6 Å². The fourth-order valence-corrected chi connectivity index (χ4v) is 2.78. The van der Waals surface area contributed by atoms with Gasteiger partial charge in [0.25, 0.3) is 0 Å². The van der Waals surface area contributed by atoms with Gasteiger partial charge in [-0.25, -0.2) is 0 Å². The fraction of sp³-hybridized carbons (Fsp3) is 0.533. The third-order valence-electron chi connectivity index (χ3n) is 3.71. The van der Waals surface area contributed by atoms with Gasteiger partial charge in [-0.1, -0.05) is 6.07 Å². The van der Waals surface area contributed by atoms with Gasteiger partial charge < -0.3 is 15.5 Å². The number of rotatable bonds is 3. The van der Waals surface area contributed by atoms with E-state index in [9.17, 15) is 0 Å². The molecule has 1 saturated heterocycles. The summed E-state index contributed by atoms with van der Waals surface area (Å²) < 4.78 is 0. The number of anilines is 1. The molecule has 1 fully saturated rings. The molecule has 0 radical (unpaired) electrons. The van der Waals surface area contributed by atoms with Gasteiger partial charge in [-0.3, -0.25) is 0 Å². The van der Waals surface area contributed by atoms with E-state index in [4.69, 9.17) is 11.0 Å². The van der Waals surface area contributed by atoms with Crippen molar-refractivity contribution in [2.75, 3.05) is 38.1 Å². The Morgan fingerprint density at radius 1 is 1.42 bits per heavy atom. The summed E-state index contributed by atoms with van der Waals surface area (Å²) in [5.41, 5.74) is 7.62. The Balaban J connectivity index is 2.25. The molecule has 1 aromatic carbocycles. The van der Waals surface area contributed by atoms with Gasteiger partial charge in [0.15, 0.2) is 0 Å². The lowest BCUT2D eigenvalue weighted by Gasteiger charge is -2.32. The van der Waals surface area contributed by atoms with Crippen LogP contribution >= 0.6 is 0 Å². The van der Waals surface area contributed by atoms with E-state index < -0.39 is 0 Å². The average molecular weight is 258 g/mol. The predicted molar refractivity (Wildman–Crippen MR) is 78.1 cm³/mol. The van der Waals surface area contributed by atoms with Crippen molar-refractivity contribution in [2.24, 2.45) is 5.73 Å². The number of nitrogens with two attached hydrogens (primary N) is 1. The van der Waals surface area contributed by atoms with Gasteiger partial charge in [-0.05, 0) is 51.2 Å². The standard InChI is InChI=1S/C15H22N4/c1-18-8-3-9-19(15(12-18)6-7-16)14-5-2-4-13(10-14)11-17/h2,4-5,10,15H,3,6-9,12,16H2,1H3. The van der Waals surface area contributed by atoms with Crippen molar-refractivity contribution in [1.29, 1.82) is 5.26 Å². The minimum absolute atomic E-state index is 0.437. The largest absolute Gasteiger partial charge is 0.367 e. The van der Waals surface area contributed by atoms with E-state index in [2.05, 4.69) is 29.0 Å². The molecular formula is C15H22N4. The van der Waals surface area contributed by atoms with E-state index in [0.717, 1.165) is 43.7 Å². The quantitative estimate of drug-likeness (QED) is 0.891. The van der Waals surface area contributed by atoms with E-state index in [0.29, 0.717) is 12.6 Å². The molecule has 19 heavy (non-hydrogen) atoms. The third kappa shape index (κ3) is 3.46. The Morgan fingerprint density at radius 2 is 2.26 bits per heavy atom. The molecule has 1 aliphatic rings. The molecule has 0 saturated carbocycles. The molecule has 4 nitrogen and oxygen atoms in total. The first kappa shape index (κ1) is 13.9. The van der Waals surface area contributed by atoms with E-state index in [1.807, 2.05) is 18.2 Å². The highest BCUT2D eigenvalue weighted by Crippen LogP contribution is 2.22. The van der Waals surface area contributed by atoms with Gasteiger partial charge in [-0.2, -0.15) is 5.26 Å². The molecule has 1 heterocycles. The van der Waals surface area contributed by atoms with Crippen LogP contribution in [0.3, 0.4) is 0 Å². The SMILES string of the molecule is CN1CCCN(c2cccc(C#N)c2)C(CCN)C1. The highest BCUT2D eigenvalue weighted by atomic mass is 15.2. The zero-order valence-corrected chi connectivity index (χ0v) is 11.5. The fourth-order valence-electron chi connectivity index (χ4n) is 2.78. The van der Waals surface area contributed by atoms with E-state index in [1.54, 1.807) is 0 Å². The second-order valence-electron chi connectivity index (χ2n) is 5.20. The minimum Gasteiger partial charge on any atom is -0.367 e. The summed E-state index contributed by atoms with van der Waals surface area (Å²) in [6.07, 6.45) is 2.13. The molecule has 4 heteroatoms. The smallest absolute Gasteiger partial charge is 0.0992 e. The van der Waals surface area contributed by atoms with Crippen LogP contribution in [0, 0.1) is 11.3 Å². The summed E-state index contributed by atoms with van der Waals surface area (Å²) in [6, 6.07) is 10.5. The van der Waals surface area contributed by atoms with Crippen molar-refractivity contribution in [2.45, 2.75) is 18.9 Å². The molecule has 1 unspecified atom stereocenters. The lowest BCUT2D eigenvalue weighted by Crippen LogP contribution is -2.41. The maximum absolute atomic E-state index is 9.03. The Hall–Kier alpha value is -1.57.